The fourth-order valence-corrected chi connectivity index (χ4v) is 3.73. The number of hydrogen-bond donors (Lipinski definition) is 1. The number of carbonyl (C=O) groups excluding carboxylic acids is 2. The number of rotatable bonds is 9. The largest absolute Gasteiger partial charge is 0.489 e. The highest BCUT2D eigenvalue weighted by atomic mass is 32.1. The van der Waals surface area contributed by atoms with E-state index in [1.807, 2.05) is 60.7 Å². The lowest BCUT2D eigenvalue weighted by atomic mass is 10.1. The van der Waals surface area contributed by atoms with E-state index in [1.54, 1.807) is 24.3 Å². The van der Waals surface area contributed by atoms with E-state index in [1.165, 1.54) is 11.0 Å². The molecule has 0 unspecified atom stereocenters. The van der Waals surface area contributed by atoms with Crippen molar-refractivity contribution in [2.24, 2.45) is 0 Å². The normalized spacial score (nSPS) is 14.6. The minimum atomic E-state index is -0.553. The van der Waals surface area contributed by atoms with Crippen molar-refractivity contribution in [2.75, 3.05) is 6.54 Å². The van der Waals surface area contributed by atoms with Crippen LogP contribution in [0.25, 0.3) is 6.08 Å². The second kappa shape index (κ2) is 11.3. The molecule has 1 aliphatic heterocycles. The monoisotopic (exact) mass is 484 g/mol. The standard InChI is InChI=1S/C28H24N2O4S/c1-2-13-30-27(32)25(26(31)29-28(30)35)16-22-14-23(33-18-20-9-5-3-6-10-20)17-24(15-22)34-19-21-11-7-4-8-12-21/h2-12,14-17H,1,13,18-19H2,(H,29,31,35). The average Bonchev–Trinajstić information content (AvgIpc) is 2.88. The zero-order valence-corrected chi connectivity index (χ0v) is 19.8. The van der Waals surface area contributed by atoms with E-state index in [0.29, 0.717) is 30.3 Å². The number of thiocarbonyl (C=S) groups is 1. The minimum absolute atomic E-state index is 0.0327. The molecule has 35 heavy (non-hydrogen) atoms. The molecule has 0 saturated carbocycles. The minimum Gasteiger partial charge on any atom is -0.489 e. The molecule has 4 rings (SSSR count). The van der Waals surface area contributed by atoms with Gasteiger partial charge >= 0.3 is 0 Å². The molecular formula is C28H24N2O4S. The summed E-state index contributed by atoms with van der Waals surface area (Å²) in [6.07, 6.45) is 3.06. The number of amides is 2. The summed E-state index contributed by atoms with van der Waals surface area (Å²) in [7, 11) is 0. The fraction of sp³-hybridized carbons (Fsp3) is 0.107. The van der Waals surface area contributed by atoms with Gasteiger partial charge < -0.3 is 9.47 Å². The number of benzene rings is 3. The molecule has 0 aromatic heterocycles. The Morgan fingerprint density at radius 2 is 1.40 bits per heavy atom. The van der Waals surface area contributed by atoms with Crippen LogP contribution in [0.2, 0.25) is 0 Å². The first-order chi connectivity index (χ1) is 17.0. The van der Waals surface area contributed by atoms with Crippen LogP contribution in [0, 0.1) is 0 Å². The fourth-order valence-electron chi connectivity index (χ4n) is 3.48. The van der Waals surface area contributed by atoms with Gasteiger partial charge in [0.25, 0.3) is 11.8 Å². The molecule has 6 nitrogen and oxygen atoms in total. The number of carbonyl (C=O) groups is 2. The second-order valence-electron chi connectivity index (χ2n) is 7.81. The predicted octanol–water partition coefficient (Wildman–Crippen LogP) is 4.66. The Bertz CT molecular complexity index is 1210. The molecule has 2 amide bonds. The first-order valence-corrected chi connectivity index (χ1v) is 11.4. The Labute approximate surface area is 209 Å². The van der Waals surface area contributed by atoms with Crippen molar-refractivity contribution in [1.82, 2.24) is 10.2 Å². The molecule has 0 spiro atoms. The molecule has 1 aliphatic rings. The summed E-state index contributed by atoms with van der Waals surface area (Å²) >= 11 is 5.13. The third kappa shape index (κ3) is 6.22. The van der Waals surface area contributed by atoms with Crippen LogP contribution in [-0.4, -0.2) is 28.4 Å². The van der Waals surface area contributed by atoms with E-state index in [4.69, 9.17) is 21.7 Å². The Balaban J connectivity index is 1.63. The topological polar surface area (TPSA) is 67.9 Å². The summed E-state index contributed by atoms with van der Waals surface area (Å²) < 4.78 is 12.0. The molecule has 1 N–H and O–H groups in total. The van der Waals surface area contributed by atoms with Gasteiger partial charge in [0.05, 0.1) is 0 Å². The van der Waals surface area contributed by atoms with Gasteiger partial charge in [0.1, 0.15) is 30.3 Å². The van der Waals surface area contributed by atoms with E-state index in [-0.39, 0.29) is 17.2 Å². The first-order valence-electron chi connectivity index (χ1n) is 11.0. The lowest BCUT2D eigenvalue weighted by molar-refractivity contribution is -0.128. The Morgan fingerprint density at radius 1 is 0.857 bits per heavy atom. The van der Waals surface area contributed by atoms with E-state index in [0.717, 1.165) is 11.1 Å². The summed E-state index contributed by atoms with van der Waals surface area (Å²) in [5.74, 6) is 0.0606. The van der Waals surface area contributed by atoms with Crippen LogP contribution in [0.4, 0.5) is 0 Å². The summed E-state index contributed by atoms with van der Waals surface area (Å²) in [4.78, 5) is 26.8. The van der Waals surface area contributed by atoms with Gasteiger partial charge in [0.15, 0.2) is 5.11 Å². The lowest BCUT2D eigenvalue weighted by Crippen LogP contribution is -2.53. The smallest absolute Gasteiger partial charge is 0.265 e. The van der Waals surface area contributed by atoms with Crippen LogP contribution in [0.15, 0.2) is 97.1 Å². The van der Waals surface area contributed by atoms with Crippen molar-refractivity contribution in [2.45, 2.75) is 13.2 Å². The van der Waals surface area contributed by atoms with Crippen LogP contribution in [-0.2, 0) is 22.8 Å². The molecular weight excluding hydrogens is 460 g/mol. The highest BCUT2D eigenvalue weighted by molar-refractivity contribution is 7.80. The molecule has 0 bridgehead atoms. The SMILES string of the molecule is C=CCN1C(=O)C(=Cc2cc(OCc3ccccc3)cc(OCc3ccccc3)c2)C(=O)NC1=S. The van der Waals surface area contributed by atoms with Gasteiger partial charge in [-0.3, -0.25) is 19.8 Å². The van der Waals surface area contributed by atoms with Crippen LogP contribution in [0.3, 0.4) is 0 Å². The average molecular weight is 485 g/mol. The lowest BCUT2D eigenvalue weighted by Gasteiger charge is -2.27. The predicted molar refractivity (Wildman–Crippen MR) is 139 cm³/mol. The number of nitrogens with one attached hydrogen (secondary N) is 1. The molecule has 1 fully saturated rings. The third-order valence-corrected chi connectivity index (χ3v) is 5.53. The summed E-state index contributed by atoms with van der Waals surface area (Å²) in [6, 6.07) is 24.9. The molecule has 176 valence electrons. The highest BCUT2D eigenvalue weighted by Gasteiger charge is 2.32. The van der Waals surface area contributed by atoms with Crippen LogP contribution < -0.4 is 14.8 Å². The van der Waals surface area contributed by atoms with Crippen molar-refractivity contribution in [3.8, 4) is 11.5 Å². The van der Waals surface area contributed by atoms with Gasteiger partial charge in [-0.25, -0.2) is 0 Å². The van der Waals surface area contributed by atoms with Crippen molar-refractivity contribution in [1.29, 1.82) is 0 Å². The molecule has 1 heterocycles. The van der Waals surface area contributed by atoms with Gasteiger partial charge in [-0.05, 0) is 47.1 Å². The highest BCUT2D eigenvalue weighted by Crippen LogP contribution is 2.27. The van der Waals surface area contributed by atoms with Gasteiger partial charge in [-0.2, -0.15) is 0 Å². The van der Waals surface area contributed by atoms with Crippen LogP contribution in [0.1, 0.15) is 16.7 Å². The summed E-state index contributed by atoms with van der Waals surface area (Å²) in [5, 5.41) is 2.62. The van der Waals surface area contributed by atoms with Crippen molar-refractivity contribution in [3.63, 3.8) is 0 Å². The molecule has 3 aromatic carbocycles. The molecule has 0 aliphatic carbocycles. The Kier molecular flexibility index (Phi) is 7.70. The zero-order chi connectivity index (χ0) is 24.6. The van der Waals surface area contributed by atoms with Crippen molar-refractivity contribution >= 4 is 35.2 Å². The maximum atomic E-state index is 12.9. The first kappa shape index (κ1) is 23.9. The maximum Gasteiger partial charge on any atom is 0.265 e. The van der Waals surface area contributed by atoms with Crippen LogP contribution in [0.5, 0.6) is 11.5 Å². The van der Waals surface area contributed by atoms with Crippen molar-refractivity contribution in [3.05, 3.63) is 114 Å². The van der Waals surface area contributed by atoms with E-state index >= 15 is 0 Å². The Hall–Kier alpha value is -4.23. The second-order valence-corrected chi connectivity index (χ2v) is 8.19. The molecule has 7 heteroatoms. The summed E-state index contributed by atoms with van der Waals surface area (Å²) in [5.41, 5.74) is 2.58. The number of nitrogens with zero attached hydrogens (tertiary/aromatic N) is 1. The van der Waals surface area contributed by atoms with E-state index < -0.39 is 11.8 Å². The van der Waals surface area contributed by atoms with Gasteiger partial charge in [-0.1, -0.05) is 66.7 Å². The molecule has 0 radical (unpaired) electrons. The van der Waals surface area contributed by atoms with E-state index in [9.17, 15) is 9.59 Å². The number of hydrogen-bond acceptors (Lipinski definition) is 5. The number of ether oxygens (including phenoxy) is 2. The molecule has 1 saturated heterocycles. The van der Waals surface area contributed by atoms with Crippen molar-refractivity contribution < 1.29 is 19.1 Å². The zero-order valence-electron chi connectivity index (χ0n) is 19.0. The van der Waals surface area contributed by atoms with Gasteiger partial charge in [0, 0.05) is 12.6 Å². The summed E-state index contributed by atoms with van der Waals surface area (Å²) in [6.45, 7) is 4.56. The Morgan fingerprint density at radius 3 is 1.91 bits per heavy atom. The van der Waals surface area contributed by atoms with Gasteiger partial charge in [0.2, 0.25) is 0 Å². The van der Waals surface area contributed by atoms with Crippen LogP contribution >= 0.6 is 12.2 Å². The molecule has 0 atom stereocenters. The maximum absolute atomic E-state index is 12.9. The van der Waals surface area contributed by atoms with Gasteiger partial charge in [-0.15, -0.1) is 6.58 Å². The third-order valence-electron chi connectivity index (χ3n) is 5.21. The quantitative estimate of drug-likeness (QED) is 0.207. The molecule has 3 aromatic rings. The van der Waals surface area contributed by atoms with E-state index in [2.05, 4.69) is 11.9 Å².